The van der Waals surface area contributed by atoms with Gasteiger partial charge >= 0.3 is 6.18 Å². The third-order valence-electron chi connectivity index (χ3n) is 2.57. The van der Waals surface area contributed by atoms with Crippen LogP contribution in [0.25, 0.3) is 0 Å². The second kappa shape index (κ2) is 3.15. The first-order chi connectivity index (χ1) is 6.88. The van der Waals surface area contributed by atoms with Crippen molar-refractivity contribution >= 4 is 5.82 Å². The van der Waals surface area contributed by atoms with E-state index in [4.69, 9.17) is 0 Å². The van der Waals surface area contributed by atoms with E-state index < -0.39 is 12.2 Å². The van der Waals surface area contributed by atoms with Gasteiger partial charge < -0.3 is 5.32 Å². The summed E-state index contributed by atoms with van der Waals surface area (Å²) in [5, 5.41) is 6.60. The lowest BCUT2D eigenvalue weighted by molar-refractivity contribution is -0.147. The predicted molar refractivity (Wildman–Crippen MR) is 49.8 cm³/mol. The van der Waals surface area contributed by atoms with Crippen molar-refractivity contribution < 1.29 is 13.2 Å². The van der Waals surface area contributed by atoms with E-state index in [1.54, 1.807) is 24.6 Å². The van der Waals surface area contributed by atoms with Gasteiger partial charge in [-0.15, -0.1) is 0 Å². The van der Waals surface area contributed by atoms with Crippen LogP contribution in [0.4, 0.5) is 19.0 Å². The lowest BCUT2D eigenvalue weighted by Crippen LogP contribution is -2.42. The minimum absolute atomic E-state index is 0.0254. The van der Waals surface area contributed by atoms with Crippen LogP contribution in [0, 0.1) is 6.92 Å². The molecule has 1 aromatic rings. The van der Waals surface area contributed by atoms with Crippen LogP contribution in [0.15, 0.2) is 6.07 Å². The summed E-state index contributed by atoms with van der Waals surface area (Å²) in [4.78, 5) is 0. The Hall–Kier alpha value is -1.20. The van der Waals surface area contributed by atoms with Gasteiger partial charge in [-0.1, -0.05) is 0 Å². The number of fused-ring (bicyclic) bond motifs is 1. The van der Waals surface area contributed by atoms with Crippen LogP contribution in [0.3, 0.4) is 0 Å². The van der Waals surface area contributed by atoms with Crippen LogP contribution in [-0.2, 0) is 0 Å². The second-order valence-corrected chi connectivity index (χ2v) is 3.94. The number of halogens is 3. The molecule has 0 spiro atoms. The third-order valence-corrected chi connectivity index (χ3v) is 2.57. The zero-order chi connectivity index (χ0) is 11.2. The molecule has 0 unspecified atom stereocenters. The van der Waals surface area contributed by atoms with E-state index in [-0.39, 0.29) is 12.5 Å². The number of hydrogen-bond acceptors (Lipinski definition) is 2. The summed E-state index contributed by atoms with van der Waals surface area (Å²) < 4.78 is 39.2. The Morgan fingerprint density at radius 1 is 1.53 bits per heavy atom. The van der Waals surface area contributed by atoms with Gasteiger partial charge in [0.05, 0.1) is 11.7 Å². The van der Waals surface area contributed by atoms with Crippen molar-refractivity contribution in [2.45, 2.75) is 38.5 Å². The Morgan fingerprint density at radius 3 is 2.80 bits per heavy atom. The molecule has 1 aliphatic rings. The smallest absolute Gasteiger partial charge is 0.359 e. The Bertz CT molecular complexity index is 369. The molecule has 84 valence electrons. The van der Waals surface area contributed by atoms with Crippen molar-refractivity contribution in [1.29, 1.82) is 0 Å². The monoisotopic (exact) mass is 219 g/mol. The number of nitrogens with one attached hydrogen (secondary N) is 1. The first-order valence-corrected chi connectivity index (χ1v) is 4.77. The standard InChI is InChI=1S/C9H12F3N3/c1-5-3-8-13-7(9(10,11)12)4-6(2)15(8)14-5/h3,6-7,13H,4H2,1-2H3/t6-,7-/m1/s1. The number of rotatable bonds is 0. The van der Waals surface area contributed by atoms with Crippen molar-refractivity contribution in [1.82, 2.24) is 9.78 Å². The molecule has 2 rings (SSSR count). The fraction of sp³-hybridized carbons (Fsp3) is 0.667. The van der Waals surface area contributed by atoms with E-state index in [0.717, 1.165) is 5.69 Å². The summed E-state index contributed by atoms with van der Waals surface area (Å²) in [6.45, 7) is 3.51. The van der Waals surface area contributed by atoms with E-state index >= 15 is 0 Å². The van der Waals surface area contributed by atoms with E-state index in [9.17, 15) is 13.2 Å². The molecule has 1 aromatic heterocycles. The van der Waals surface area contributed by atoms with Crippen molar-refractivity contribution in [2.75, 3.05) is 5.32 Å². The number of nitrogens with zero attached hydrogens (tertiary/aromatic N) is 2. The number of aryl methyl sites for hydroxylation is 1. The molecule has 1 aliphatic heterocycles. The number of anilines is 1. The molecule has 0 saturated heterocycles. The fourth-order valence-corrected chi connectivity index (χ4v) is 1.85. The minimum Gasteiger partial charge on any atom is -0.359 e. The van der Waals surface area contributed by atoms with Crippen molar-refractivity contribution in [3.05, 3.63) is 11.8 Å². The highest BCUT2D eigenvalue weighted by Crippen LogP contribution is 2.34. The summed E-state index contributed by atoms with van der Waals surface area (Å²) >= 11 is 0. The molecule has 3 nitrogen and oxygen atoms in total. The topological polar surface area (TPSA) is 29.9 Å². The number of alkyl halides is 3. The van der Waals surface area contributed by atoms with Crippen LogP contribution in [0.1, 0.15) is 25.1 Å². The highest BCUT2D eigenvalue weighted by Gasteiger charge is 2.43. The highest BCUT2D eigenvalue weighted by molar-refractivity contribution is 5.40. The average molecular weight is 219 g/mol. The highest BCUT2D eigenvalue weighted by atomic mass is 19.4. The van der Waals surface area contributed by atoms with E-state index in [2.05, 4.69) is 10.4 Å². The van der Waals surface area contributed by atoms with Gasteiger partial charge in [-0.25, -0.2) is 4.68 Å². The summed E-state index contributed by atoms with van der Waals surface area (Å²) in [5.74, 6) is 0.452. The first-order valence-electron chi connectivity index (χ1n) is 4.77. The Balaban J connectivity index is 2.30. The van der Waals surface area contributed by atoms with Crippen LogP contribution >= 0.6 is 0 Å². The maximum Gasteiger partial charge on any atom is 0.408 e. The molecule has 0 bridgehead atoms. The molecule has 0 aliphatic carbocycles. The summed E-state index contributed by atoms with van der Waals surface area (Å²) in [6, 6.07) is -0.0494. The quantitative estimate of drug-likeness (QED) is 0.726. The summed E-state index contributed by atoms with van der Waals surface area (Å²) in [5.41, 5.74) is 0.729. The minimum atomic E-state index is -4.20. The summed E-state index contributed by atoms with van der Waals surface area (Å²) in [6.07, 6.45) is -4.17. The molecule has 2 atom stereocenters. The maximum atomic E-state index is 12.5. The van der Waals surface area contributed by atoms with E-state index in [1.165, 1.54) is 0 Å². The Morgan fingerprint density at radius 2 is 2.20 bits per heavy atom. The van der Waals surface area contributed by atoms with Gasteiger partial charge in [0.25, 0.3) is 0 Å². The number of aromatic nitrogens is 2. The predicted octanol–water partition coefficient (Wildman–Crippen LogP) is 2.50. The Kier molecular flexibility index (Phi) is 2.17. The fourth-order valence-electron chi connectivity index (χ4n) is 1.85. The molecule has 2 heterocycles. The van der Waals surface area contributed by atoms with Gasteiger partial charge in [0, 0.05) is 6.07 Å². The molecule has 1 N–H and O–H groups in total. The summed E-state index contributed by atoms with van der Waals surface area (Å²) in [7, 11) is 0. The van der Waals surface area contributed by atoms with Gasteiger partial charge in [0.1, 0.15) is 11.9 Å². The molecule has 0 aromatic carbocycles. The van der Waals surface area contributed by atoms with Crippen LogP contribution in [0.5, 0.6) is 0 Å². The van der Waals surface area contributed by atoms with Crippen molar-refractivity contribution in [3.8, 4) is 0 Å². The maximum absolute atomic E-state index is 12.5. The zero-order valence-electron chi connectivity index (χ0n) is 8.47. The Labute approximate surface area is 85.3 Å². The van der Waals surface area contributed by atoms with Gasteiger partial charge in [0.2, 0.25) is 0 Å². The van der Waals surface area contributed by atoms with Crippen LogP contribution in [0.2, 0.25) is 0 Å². The normalized spacial score (nSPS) is 25.9. The lowest BCUT2D eigenvalue weighted by atomic mass is 10.1. The van der Waals surface area contributed by atoms with E-state index in [1.807, 2.05) is 0 Å². The lowest BCUT2D eigenvalue weighted by Gasteiger charge is -2.31. The largest absolute Gasteiger partial charge is 0.408 e. The molecule has 0 radical (unpaired) electrons. The molecule has 0 amide bonds. The molecular formula is C9H12F3N3. The van der Waals surface area contributed by atoms with Gasteiger partial charge in [-0.3, -0.25) is 0 Å². The zero-order valence-corrected chi connectivity index (χ0v) is 8.47. The van der Waals surface area contributed by atoms with Gasteiger partial charge in [-0.05, 0) is 20.3 Å². The molecule has 6 heteroatoms. The van der Waals surface area contributed by atoms with Gasteiger partial charge in [0.15, 0.2) is 0 Å². The second-order valence-electron chi connectivity index (χ2n) is 3.94. The average Bonchev–Trinajstić information content (AvgIpc) is 2.44. The number of hydrogen-bond donors (Lipinski definition) is 1. The first kappa shape index (κ1) is 10.3. The van der Waals surface area contributed by atoms with Crippen LogP contribution < -0.4 is 5.32 Å². The third kappa shape index (κ3) is 1.80. The van der Waals surface area contributed by atoms with E-state index in [0.29, 0.717) is 5.82 Å². The van der Waals surface area contributed by atoms with Crippen molar-refractivity contribution in [2.24, 2.45) is 0 Å². The molecule has 0 saturated carbocycles. The molecule has 0 fully saturated rings. The van der Waals surface area contributed by atoms with Gasteiger partial charge in [-0.2, -0.15) is 18.3 Å². The molecule has 15 heavy (non-hydrogen) atoms. The molecular weight excluding hydrogens is 207 g/mol. The SMILES string of the molecule is Cc1cc2n(n1)[C@H](C)C[C@H](C(F)(F)F)N2. The van der Waals surface area contributed by atoms with Crippen LogP contribution in [-0.4, -0.2) is 22.0 Å². The van der Waals surface area contributed by atoms with Crippen molar-refractivity contribution in [3.63, 3.8) is 0 Å².